The van der Waals surface area contributed by atoms with Crippen LogP contribution < -0.4 is 4.74 Å². The highest BCUT2D eigenvalue weighted by atomic mass is 16.5. The SMILES string of the molecule is c1ccc(-c2cc3ccccc3c3c2-c2ccc(-c4ccc5c(c4)-c4cccc6cccc(c46)O5)cc2C32c3ccccc3-c3ccccc32)cc1. The third-order valence-electron chi connectivity index (χ3n) is 11.8. The van der Waals surface area contributed by atoms with Crippen LogP contribution in [0.1, 0.15) is 22.3 Å². The average molecular weight is 659 g/mol. The molecule has 1 spiro atoms. The van der Waals surface area contributed by atoms with Crippen LogP contribution in [0.5, 0.6) is 11.5 Å². The molecule has 52 heavy (non-hydrogen) atoms. The minimum atomic E-state index is -0.486. The maximum absolute atomic E-state index is 6.51. The second-order valence-electron chi connectivity index (χ2n) is 14.3. The van der Waals surface area contributed by atoms with Crippen LogP contribution in [0.15, 0.2) is 182 Å². The van der Waals surface area contributed by atoms with Gasteiger partial charge >= 0.3 is 0 Å². The highest BCUT2D eigenvalue weighted by molar-refractivity contribution is 6.10. The van der Waals surface area contributed by atoms with Gasteiger partial charge in [-0.15, -0.1) is 0 Å². The number of hydrogen-bond donors (Lipinski definition) is 0. The van der Waals surface area contributed by atoms with E-state index in [1.165, 1.54) is 93.9 Å². The van der Waals surface area contributed by atoms with Crippen LogP contribution in [0.2, 0.25) is 0 Å². The van der Waals surface area contributed by atoms with Gasteiger partial charge in [0.25, 0.3) is 0 Å². The van der Waals surface area contributed by atoms with Gasteiger partial charge in [0.2, 0.25) is 0 Å². The minimum Gasteiger partial charge on any atom is -0.456 e. The summed E-state index contributed by atoms with van der Waals surface area (Å²) < 4.78 is 6.51. The lowest BCUT2D eigenvalue weighted by Crippen LogP contribution is -2.26. The third-order valence-corrected chi connectivity index (χ3v) is 11.8. The Morgan fingerprint density at radius 1 is 0.346 bits per heavy atom. The molecule has 0 saturated carbocycles. The van der Waals surface area contributed by atoms with E-state index in [9.17, 15) is 0 Å². The molecule has 240 valence electrons. The first-order valence-electron chi connectivity index (χ1n) is 18.1. The molecule has 1 heterocycles. The second-order valence-corrected chi connectivity index (χ2v) is 14.3. The van der Waals surface area contributed by atoms with Crippen LogP contribution >= 0.6 is 0 Å². The molecule has 1 heteroatoms. The van der Waals surface area contributed by atoms with E-state index in [2.05, 4.69) is 182 Å². The van der Waals surface area contributed by atoms with Gasteiger partial charge in [0.15, 0.2) is 0 Å². The third kappa shape index (κ3) is 3.52. The maximum Gasteiger partial charge on any atom is 0.135 e. The summed E-state index contributed by atoms with van der Waals surface area (Å²) in [4.78, 5) is 0. The van der Waals surface area contributed by atoms with Gasteiger partial charge in [0.1, 0.15) is 11.5 Å². The molecule has 0 atom stereocenters. The molecule has 0 unspecified atom stereocenters. The van der Waals surface area contributed by atoms with Crippen molar-refractivity contribution in [2.24, 2.45) is 0 Å². The minimum absolute atomic E-state index is 0.486. The number of ether oxygens (including phenoxy) is 1. The molecule has 0 N–H and O–H groups in total. The van der Waals surface area contributed by atoms with E-state index in [4.69, 9.17) is 4.74 Å². The van der Waals surface area contributed by atoms with Crippen molar-refractivity contribution in [1.82, 2.24) is 0 Å². The normalized spacial score (nSPS) is 13.7. The van der Waals surface area contributed by atoms with Gasteiger partial charge in [-0.25, -0.2) is 0 Å². The van der Waals surface area contributed by atoms with Crippen LogP contribution in [-0.4, -0.2) is 0 Å². The second kappa shape index (κ2) is 10.2. The molecule has 1 nitrogen and oxygen atoms in total. The highest BCUT2D eigenvalue weighted by Gasteiger charge is 2.53. The molecule has 9 aromatic carbocycles. The topological polar surface area (TPSA) is 9.23 Å². The summed E-state index contributed by atoms with van der Waals surface area (Å²) in [6.45, 7) is 0. The van der Waals surface area contributed by atoms with Crippen molar-refractivity contribution in [3.05, 3.63) is 204 Å². The van der Waals surface area contributed by atoms with Crippen molar-refractivity contribution in [2.45, 2.75) is 5.41 Å². The Labute approximate surface area is 302 Å². The van der Waals surface area contributed by atoms with Gasteiger partial charge in [-0.05, 0) is 119 Å². The van der Waals surface area contributed by atoms with E-state index in [0.717, 1.165) is 17.1 Å². The summed E-state index contributed by atoms with van der Waals surface area (Å²) >= 11 is 0. The van der Waals surface area contributed by atoms with Crippen molar-refractivity contribution in [2.75, 3.05) is 0 Å². The van der Waals surface area contributed by atoms with Crippen LogP contribution in [0, 0.1) is 0 Å². The smallest absolute Gasteiger partial charge is 0.135 e. The highest BCUT2D eigenvalue weighted by Crippen LogP contribution is 2.66. The fourth-order valence-corrected chi connectivity index (χ4v) is 9.79. The molecule has 0 fully saturated rings. The molecule has 9 aromatic rings. The van der Waals surface area contributed by atoms with E-state index >= 15 is 0 Å². The Kier molecular flexibility index (Phi) is 5.49. The van der Waals surface area contributed by atoms with E-state index in [1.807, 2.05) is 0 Å². The average Bonchev–Trinajstić information content (AvgIpc) is 3.68. The summed E-state index contributed by atoms with van der Waals surface area (Å²) in [6, 6.07) is 67.4. The van der Waals surface area contributed by atoms with Crippen molar-refractivity contribution in [1.29, 1.82) is 0 Å². The monoisotopic (exact) mass is 658 g/mol. The Hall–Kier alpha value is -6.70. The van der Waals surface area contributed by atoms with E-state index in [0.29, 0.717) is 0 Å². The van der Waals surface area contributed by atoms with Crippen molar-refractivity contribution in [3.8, 4) is 67.1 Å². The first-order valence-corrected chi connectivity index (χ1v) is 18.1. The summed E-state index contributed by atoms with van der Waals surface area (Å²) in [5.74, 6) is 1.82. The fourth-order valence-electron chi connectivity index (χ4n) is 9.79. The number of rotatable bonds is 2. The maximum atomic E-state index is 6.51. The lowest BCUT2D eigenvalue weighted by atomic mass is 9.69. The largest absolute Gasteiger partial charge is 0.456 e. The summed E-state index contributed by atoms with van der Waals surface area (Å²) in [5.41, 5.74) is 17.5. The van der Waals surface area contributed by atoms with Crippen LogP contribution in [-0.2, 0) is 5.41 Å². The molecule has 0 amide bonds. The van der Waals surface area contributed by atoms with E-state index in [-0.39, 0.29) is 0 Å². The van der Waals surface area contributed by atoms with Crippen molar-refractivity contribution in [3.63, 3.8) is 0 Å². The molecular formula is C51H30O. The lowest BCUT2D eigenvalue weighted by molar-refractivity contribution is 0.487. The first kappa shape index (κ1) is 28.0. The Balaban J connectivity index is 1.18. The van der Waals surface area contributed by atoms with Gasteiger partial charge < -0.3 is 4.74 Å². The lowest BCUT2D eigenvalue weighted by Gasteiger charge is -2.32. The predicted octanol–water partition coefficient (Wildman–Crippen LogP) is 13.4. The summed E-state index contributed by atoms with van der Waals surface area (Å²) in [7, 11) is 0. The zero-order valence-electron chi connectivity index (χ0n) is 28.2. The van der Waals surface area contributed by atoms with Gasteiger partial charge in [-0.3, -0.25) is 0 Å². The fraction of sp³-hybridized carbons (Fsp3) is 0.0196. The predicted molar refractivity (Wildman–Crippen MR) is 214 cm³/mol. The Morgan fingerprint density at radius 2 is 1.00 bits per heavy atom. The van der Waals surface area contributed by atoms with Gasteiger partial charge in [-0.1, -0.05) is 152 Å². The first-order chi connectivity index (χ1) is 25.8. The van der Waals surface area contributed by atoms with Crippen LogP contribution in [0.25, 0.3) is 77.2 Å². The summed E-state index contributed by atoms with van der Waals surface area (Å²) in [6.07, 6.45) is 0. The molecule has 2 aliphatic carbocycles. The number of fused-ring (bicyclic) bond motifs is 14. The molecule has 0 radical (unpaired) electrons. The van der Waals surface area contributed by atoms with Crippen molar-refractivity contribution < 1.29 is 4.74 Å². The molecule has 3 aliphatic rings. The van der Waals surface area contributed by atoms with E-state index < -0.39 is 5.41 Å². The van der Waals surface area contributed by atoms with Gasteiger partial charge in [0, 0.05) is 10.9 Å². The van der Waals surface area contributed by atoms with Crippen LogP contribution in [0.4, 0.5) is 0 Å². The quantitative estimate of drug-likeness (QED) is 0.180. The summed E-state index contributed by atoms with van der Waals surface area (Å²) in [5, 5.41) is 4.94. The van der Waals surface area contributed by atoms with Gasteiger partial charge in [0.05, 0.1) is 5.41 Å². The van der Waals surface area contributed by atoms with E-state index in [1.54, 1.807) is 0 Å². The zero-order chi connectivity index (χ0) is 34.0. The standard InChI is InChI=1S/C51H30O/c1-2-12-31(13-3-1)41-29-35-14-4-5-17-36(35)50-49(41)40-26-24-34(30-45(40)51(50)43-21-8-6-18-37(43)38-19-7-9-22-44(38)51)33-25-27-46-42(28-33)39-20-10-15-32-16-11-23-47(52-46)48(32)39/h1-30H. The molecule has 0 aromatic heterocycles. The molecular weight excluding hydrogens is 629 g/mol. The van der Waals surface area contributed by atoms with Crippen molar-refractivity contribution >= 4 is 21.5 Å². The van der Waals surface area contributed by atoms with Crippen LogP contribution in [0.3, 0.4) is 0 Å². The molecule has 12 rings (SSSR count). The van der Waals surface area contributed by atoms with Gasteiger partial charge in [-0.2, -0.15) is 0 Å². The molecule has 1 aliphatic heterocycles. The number of hydrogen-bond acceptors (Lipinski definition) is 1. The zero-order valence-corrected chi connectivity index (χ0v) is 28.2. The molecule has 0 saturated heterocycles. The number of benzene rings is 9. The molecule has 0 bridgehead atoms. The Morgan fingerprint density at radius 3 is 1.83 bits per heavy atom. The Bertz CT molecular complexity index is 2940.